The Labute approximate surface area is 120 Å². The molecule has 0 aliphatic heterocycles. The molecule has 0 fully saturated rings. The molecule has 1 rings (SSSR count). The maximum Gasteiger partial charge on any atom is 0.135 e. The molecule has 0 amide bonds. The highest BCUT2D eigenvalue weighted by Gasteiger charge is 2.08. The normalized spacial score (nSPS) is 12.5. The first-order valence-corrected chi connectivity index (χ1v) is 7.17. The zero-order valence-electron chi connectivity index (χ0n) is 11.9. The van der Waals surface area contributed by atoms with Gasteiger partial charge in [-0.15, -0.1) is 0 Å². The molecular formula is C15H23FN2S. The van der Waals surface area contributed by atoms with Crippen molar-refractivity contribution in [3.63, 3.8) is 0 Å². The molecular weight excluding hydrogens is 259 g/mol. The Morgan fingerprint density at radius 3 is 2.53 bits per heavy atom. The number of nitrogens with two attached hydrogens (primary N) is 1. The van der Waals surface area contributed by atoms with Gasteiger partial charge in [0.1, 0.15) is 10.8 Å². The minimum absolute atomic E-state index is 0.0917. The molecule has 3 N–H and O–H groups in total. The van der Waals surface area contributed by atoms with Crippen molar-refractivity contribution in [1.29, 1.82) is 0 Å². The molecule has 0 saturated carbocycles. The number of hydrogen-bond donors (Lipinski definition) is 2. The fourth-order valence-corrected chi connectivity index (χ4v) is 2.16. The van der Waals surface area contributed by atoms with Crippen molar-refractivity contribution in [2.75, 3.05) is 5.32 Å². The molecule has 0 bridgehead atoms. The van der Waals surface area contributed by atoms with Gasteiger partial charge in [0.15, 0.2) is 0 Å². The molecule has 1 unspecified atom stereocenters. The largest absolute Gasteiger partial charge is 0.389 e. The van der Waals surface area contributed by atoms with Crippen LogP contribution in [0.2, 0.25) is 0 Å². The molecule has 0 radical (unpaired) electrons. The standard InChI is InChI=1S/C15H23FN2S/c1-10(2)5-4-6-11(3)18-12-7-8-13(15(17)19)14(16)9-12/h7-11,18H,4-6H2,1-3H3,(H2,17,19). The Hall–Kier alpha value is -1.16. The maximum atomic E-state index is 13.7. The van der Waals surface area contributed by atoms with E-state index in [1.165, 1.54) is 18.9 Å². The molecule has 4 heteroatoms. The van der Waals surface area contributed by atoms with Crippen LogP contribution in [0.1, 0.15) is 45.6 Å². The van der Waals surface area contributed by atoms with Crippen LogP contribution in [0.25, 0.3) is 0 Å². The van der Waals surface area contributed by atoms with Crippen molar-refractivity contribution in [2.45, 2.75) is 46.1 Å². The number of thiocarbonyl (C=S) groups is 1. The van der Waals surface area contributed by atoms with Gasteiger partial charge in [0, 0.05) is 17.3 Å². The summed E-state index contributed by atoms with van der Waals surface area (Å²) in [5, 5.41) is 3.30. The summed E-state index contributed by atoms with van der Waals surface area (Å²) in [6.07, 6.45) is 3.48. The van der Waals surface area contributed by atoms with E-state index >= 15 is 0 Å². The lowest BCUT2D eigenvalue weighted by atomic mass is 10.0. The van der Waals surface area contributed by atoms with Crippen molar-refractivity contribution >= 4 is 22.9 Å². The van der Waals surface area contributed by atoms with E-state index in [2.05, 4.69) is 26.1 Å². The predicted molar refractivity (Wildman–Crippen MR) is 84.1 cm³/mol. The molecule has 0 saturated heterocycles. The van der Waals surface area contributed by atoms with E-state index in [0.29, 0.717) is 11.6 Å². The zero-order chi connectivity index (χ0) is 14.4. The minimum atomic E-state index is -0.369. The van der Waals surface area contributed by atoms with Crippen molar-refractivity contribution in [1.82, 2.24) is 0 Å². The van der Waals surface area contributed by atoms with Crippen LogP contribution in [0.5, 0.6) is 0 Å². The van der Waals surface area contributed by atoms with Gasteiger partial charge in [0.25, 0.3) is 0 Å². The monoisotopic (exact) mass is 282 g/mol. The lowest BCUT2D eigenvalue weighted by molar-refractivity contribution is 0.520. The van der Waals surface area contributed by atoms with Crippen molar-refractivity contribution in [3.05, 3.63) is 29.6 Å². The molecule has 0 heterocycles. The second kappa shape index (κ2) is 7.43. The van der Waals surface area contributed by atoms with Gasteiger partial charge in [-0.1, -0.05) is 38.9 Å². The van der Waals surface area contributed by atoms with Gasteiger partial charge in [-0.25, -0.2) is 4.39 Å². The number of rotatable bonds is 7. The van der Waals surface area contributed by atoms with Gasteiger partial charge >= 0.3 is 0 Å². The van der Waals surface area contributed by atoms with E-state index in [1.807, 2.05) is 6.07 Å². The summed E-state index contributed by atoms with van der Waals surface area (Å²) in [7, 11) is 0. The topological polar surface area (TPSA) is 38.0 Å². The highest BCUT2D eigenvalue weighted by atomic mass is 32.1. The highest BCUT2D eigenvalue weighted by Crippen LogP contribution is 2.17. The molecule has 1 aromatic rings. The molecule has 0 aliphatic rings. The first kappa shape index (κ1) is 15.9. The fraction of sp³-hybridized carbons (Fsp3) is 0.533. The number of benzene rings is 1. The summed E-state index contributed by atoms with van der Waals surface area (Å²) < 4.78 is 13.7. The molecule has 0 aliphatic carbocycles. The summed E-state index contributed by atoms with van der Waals surface area (Å²) in [4.78, 5) is 0.0917. The Bertz CT molecular complexity index is 432. The van der Waals surface area contributed by atoms with Crippen LogP contribution in [0.4, 0.5) is 10.1 Å². The average Bonchev–Trinajstić information content (AvgIpc) is 2.27. The second-order valence-electron chi connectivity index (χ2n) is 5.43. The molecule has 1 aromatic carbocycles. The van der Waals surface area contributed by atoms with E-state index in [-0.39, 0.29) is 10.8 Å². The molecule has 0 spiro atoms. The van der Waals surface area contributed by atoms with Gasteiger partial charge in [-0.2, -0.15) is 0 Å². The number of anilines is 1. The van der Waals surface area contributed by atoms with E-state index in [1.54, 1.807) is 6.07 Å². The van der Waals surface area contributed by atoms with Crippen LogP contribution in [0, 0.1) is 11.7 Å². The van der Waals surface area contributed by atoms with E-state index in [0.717, 1.165) is 18.0 Å². The van der Waals surface area contributed by atoms with Crippen molar-refractivity contribution in [3.8, 4) is 0 Å². The van der Waals surface area contributed by atoms with Crippen LogP contribution in [-0.2, 0) is 0 Å². The van der Waals surface area contributed by atoms with Crippen LogP contribution in [0.15, 0.2) is 18.2 Å². The SMILES string of the molecule is CC(C)CCCC(C)Nc1ccc(C(N)=S)c(F)c1. The van der Waals surface area contributed by atoms with Crippen LogP contribution < -0.4 is 11.1 Å². The van der Waals surface area contributed by atoms with Gasteiger partial charge in [0.2, 0.25) is 0 Å². The summed E-state index contributed by atoms with van der Waals surface area (Å²) in [6.45, 7) is 6.56. The molecule has 1 atom stereocenters. The Morgan fingerprint density at radius 1 is 1.32 bits per heavy atom. The van der Waals surface area contributed by atoms with Crippen molar-refractivity contribution in [2.24, 2.45) is 11.7 Å². The smallest absolute Gasteiger partial charge is 0.135 e. The number of hydrogen-bond acceptors (Lipinski definition) is 2. The number of halogens is 1. The quantitative estimate of drug-likeness (QED) is 0.740. The Morgan fingerprint density at radius 2 is 2.00 bits per heavy atom. The predicted octanol–water partition coefficient (Wildman–Crippen LogP) is 4.09. The zero-order valence-corrected chi connectivity index (χ0v) is 12.7. The summed E-state index contributed by atoms with van der Waals surface area (Å²) >= 11 is 4.78. The molecule has 0 aromatic heterocycles. The Kier molecular flexibility index (Phi) is 6.22. The average molecular weight is 282 g/mol. The third-order valence-electron chi connectivity index (χ3n) is 3.07. The summed E-state index contributed by atoms with van der Waals surface area (Å²) in [5.41, 5.74) is 6.50. The van der Waals surface area contributed by atoms with E-state index in [4.69, 9.17) is 18.0 Å². The summed E-state index contributed by atoms with van der Waals surface area (Å²) in [6, 6.07) is 5.22. The third kappa shape index (κ3) is 5.55. The lowest BCUT2D eigenvalue weighted by Crippen LogP contribution is -2.16. The third-order valence-corrected chi connectivity index (χ3v) is 3.29. The fourth-order valence-electron chi connectivity index (χ4n) is 1.99. The Balaban J connectivity index is 2.53. The van der Waals surface area contributed by atoms with Crippen LogP contribution in [0.3, 0.4) is 0 Å². The summed E-state index contributed by atoms with van der Waals surface area (Å²) in [5.74, 6) is 0.362. The van der Waals surface area contributed by atoms with Gasteiger partial charge in [-0.3, -0.25) is 0 Å². The van der Waals surface area contributed by atoms with Gasteiger partial charge in [0.05, 0.1) is 0 Å². The first-order chi connectivity index (χ1) is 8.90. The van der Waals surface area contributed by atoms with Gasteiger partial charge in [-0.05, 0) is 37.5 Å². The maximum absolute atomic E-state index is 13.7. The van der Waals surface area contributed by atoms with Crippen LogP contribution >= 0.6 is 12.2 Å². The first-order valence-electron chi connectivity index (χ1n) is 6.76. The number of nitrogens with one attached hydrogen (secondary N) is 1. The molecule has 2 nitrogen and oxygen atoms in total. The molecule has 106 valence electrons. The highest BCUT2D eigenvalue weighted by molar-refractivity contribution is 7.80. The van der Waals surface area contributed by atoms with Crippen LogP contribution in [-0.4, -0.2) is 11.0 Å². The van der Waals surface area contributed by atoms with Crippen molar-refractivity contribution < 1.29 is 4.39 Å². The lowest BCUT2D eigenvalue weighted by Gasteiger charge is -2.16. The second-order valence-corrected chi connectivity index (χ2v) is 5.87. The minimum Gasteiger partial charge on any atom is -0.389 e. The van der Waals surface area contributed by atoms with Gasteiger partial charge < -0.3 is 11.1 Å². The van der Waals surface area contributed by atoms with E-state index in [9.17, 15) is 4.39 Å². The van der Waals surface area contributed by atoms with E-state index < -0.39 is 0 Å². The molecule has 19 heavy (non-hydrogen) atoms.